The fourth-order valence-electron chi connectivity index (χ4n) is 5.27. The van der Waals surface area contributed by atoms with Gasteiger partial charge in [0.1, 0.15) is 11.8 Å². The Hall–Kier alpha value is -1.83. The molecule has 27 heavy (non-hydrogen) atoms. The summed E-state index contributed by atoms with van der Waals surface area (Å²) < 4.78 is 16.9. The van der Waals surface area contributed by atoms with Crippen molar-refractivity contribution in [2.24, 2.45) is 0 Å². The van der Waals surface area contributed by atoms with Crippen molar-refractivity contribution in [2.75, 3.05) is 34.4 Å². The summed E-state index contributed by atoms with van der Waals surface area (Å²) in [6, 6.07) is 5.89. The van der Waals surface area contributed by atoms with Gasteiger partial charge in [-0.25, -0.2) is 0 Å². The number of likely N-dealkylation sites (tertiary alicyclic amines) is 1. The lowest BCUT2D eigenvalue weighted by atomic mass is 9.64. The van der Waals surface area contributed by atoms with Gasteiger partial charge < -0.3 is 24.2 Å². The Morgan fingerprint density at radius 1 is 1.26 bits per heavy atom. The van der Waals surface area contributed by atoms with Gasteiger partial charge in [-0.2, -0.15) is 0 Å². The SMILES string of the molecule is COc1ccc([C@]23CCN(C)[C@H]2CC2(CC3)N[C@H](C(=O)O)CO2)cc1OC. The fourth-order valence-corrected chi connectivity index (χ4v) is 5.27. The van der Waals surface area contributed by atoms with Crippen LogP contribution in [0.2, 0.25) is 0 Å². The molecule has 0 radical (unpaired) electrons. The second-order valence-electron chi connectivity index (χ2n) is 8.02. The number of methoxy groups -OCH3 is 2. The van der Waals surface area contributed by atoms with Crippen molar-refractivity contribution < 1.29 is 24.1 Å². The van der Waals surface area contributed by atoms with Gasteiger partial charge in [-0.05, 0) is 50.6 Å². The second kappa shape index (κ2) is 6.65. The molecular weight excluding hydrogens is 348 g/mol. The van der Waals surface area contributed by atoms with Crippen molar-refractivity contribution in [1.29, 1.82) is 0 Å². The molecule has 3 aliphatic rings. The van der Waals surface area contributed by atoms with E-state index in [0.717, 1.165) is 43.7 Å². The molecule has 0 aromatic heterocycles. The molecule has 2 N–H and O–H groups in total. The first-order chi connectivity index (χ1) is 12.9. The molecule has 0 amide bonds. The zero-order valence-electron chi connectivity index (χ0n) is 16.2. The van der Waals surface area contributed by atoms with Gasteiger partial charge >= 0.3 is 5.97 Å². The van der Waals surface area contributed by atoms with Crippen molar-refractivity contribution in [3.8, 4) is 11.5 Å². The minimum Gasteiger partial charge on any atom is -0.493 e. The lowest BCUT2D eigenvalue weighted by Crippen LogP contribution is -2.58. The topological polar surface area (TPSA) is 80.3 Å². The summed E-state index contributed by atoms with van der Waals surface area (Å²) in [4.78, 5) is 13.7. The molecule has 1 aliphatic carbocycles. The number of hydrogen-bond donors (Lipinski definition) is 2. The highest BCUT2D eigenvalue weighted by Crippen LogP contribution is 2.53. The number of aliphatic carboxylic acids is 1. The van der Waals surface area contributed by atoms with Crippen LogP contribution in [0.4, 0.5) is 0 Å². The summed E-state index contributed by atoms with van der Waals surface area (Å²) in [6.07, 6.45) is 3.59. The molecule has 2 saturated heterocycles. The van der Waals surface area contributed by atoms with E-state index in [1.165, 1.54) is 5.56 Å². The third-order valence-corrected chi connectivity index (χ3v) is 6.80. The van der Waals surface area contributed by atoms with E-state index in [-0.39, 0.29) is 18.1 Å². The molecule has 1 saturated carbocycles. The third kappa shape index (κ3) is 2.88. The molecule has 2 aliphatic heterocycles. The maximum absolute atomic E-state index is 11.4. The Bertz CT molecular complexity index is 741. The number of carbonyl (C=O) groups is 1. The molecule has 2 heterocycles. The number of ether oxygens (including phenoxy) is 3. The molecule has 4 atom stereocenters. The largest absolute Gasteiger partial charge is 0.493 e. The number of rotatable bonds is 4. The van der Waals surface area contributed by atoms with Gasteiger partial charge in [0.15, 0.2) is 11.5 Å². The van der Waals surface area contributed by atoms with Crippen molar-refractivity contribution >= 4 is 5.97 Å². The summed E-state index contributed by atoms with van der Waals surface area (Å²) in [6.45, 7) is 1.24. The zero-order chi connectivity index (χ0) is 19.2. The summed E-state index contributed by atoms with van der Waals surface area (Å²) in [5, 5.41) is 12.6. The van der Waals surface area contributed by atoms with E-state index in [0.29, 0.717) is 0 Å². The first-order valence-electron chi connectivity index (χ1n) is 9.50. The average Bonchev–Trinajstić information content (AvgIpc) is 3.24. The highest BCUT2D eigenvalue weighted by molar-refractivity contribution is 5.74. The quantitative estimate of drug-likeness (QED) is 0.826. The van der Waals surface area contributed by atoms with Gasteiger partial charge in [-0.1, -0.05) is 6.07 Å². The van der Waals surface area contributed by atoms with Crippen molar-refractivity contribution in [3.63, 3.8) is 0 Å². The molecular formula is C20H28N2O5. The predicted octanol–water partition coefficient (Wildman–Crippen LogP) is 1.60. The summed E-state index contributed by atoms with van der Waals surface area (Å²) in [5.74, 6) is 0.639. The van der Waals surface area contributed by atoms with E-state index in [1.807, 2.05) is 6.07 Å². The Balaban J connectivity index is 1.65. The number of carboxylic acids is 1. The third-order valence-electron chi connectivity index (χ3n) is 6.80. The molecule has 7 nitrogen and oxygen atoms in total. The molecule has 1 aromatic rings. The average molecular weight is 376 g/mol. The number of hydrogen-bond acceptors (Lipinski definition) is 6. The zero-order valence-corrected chi connectivity index (χ0v) is 16.2. The van der Waals surface area contributed by atoms with Crippen molar-refractivity contribution in [1.82, 2.24) is 10.2 Å². The monoisotopic (exact) mass is 376 g/mol. The molecule has 1 unspecified atom stereocenters. The number of nitrogens with one attached hydrogen (secondary N) is 1. The van der Waals surface area contributed by atoms with Crippen LogP contribution in [0.15, 0.2) is 18.2 Å². The van der Waals surface area contributed by atoms with Crippen LogP contribution in [0, 0.1) is 0 Å². The standard InChI is InChI=1S/C20H28N2O5/c1-22-9-8-19(13-4-5-15(25-2)16(10-13)26-3)6-7-20(11-17(19)22)21-14(12-27-20)18(23)24/h4-5,10,14,17,21H,6-9,11-12H2,1-3H3,(H,23,24)/t14-,17-,19-,20?/m0/s1. The molecule has 7 heteroatoms. The maximum Gasteiger partial charge on any atom is 0.323 e. The van der Waals surface area contributed by atoms with Crippen LogP contribution in [0.1, 0.15) is 31.2 Å². The van der Waals surface area contributed by atoms with Crippen LogP contribution in [0.5, 0.6) is 11.5 Å². The van der Waals surface area contributed by atoms with Gasteiger partial charge in [-0.3, -0.25) is 10.1 Å². The fraction of sp³-hybridized carbons (Fsp3) is 0.650. The van der Waals surface area contributed by atoms with Gasteiger partial charge in [0.2, 0.25) is 0 Å². The lowest BCUT2D eigenvalue weighted by molar-refractivity contribution is -0.139. The molecule has 0 bridgehead atoms. The molecule has 1 aromatic carbocycles. The smallest absolute Gasteiger partial charge is 0.323 e. The van der Waals surface area contributed by atoms with Gasteiger partial charge in [-0.15, -0.1) is 0 Å². The van der Waals surface area contributed by atoms with Crippen LogP contribution in [0.3, 0.4) is 0 Å². The number of fused-ring (bicyclic) bond motifs is 1. The Morgan fingerprint density at radius 2 is 2.04 bits per heavy atom. The molecule has 4 rings (SSSR count). The maximum atomic E-state index is 11.4. The van der Waals surface area contributed by atoms with E-state index < -0.39 is 17.7 Å². The Morgan fingerprint density at radius 3 is 2.70 bits per heavy atom. The number of likely N-dealkylation sites (N-methyl/N-ethyl adjacent to an activating group) is 1. The van der Waals surface area contributed by atoms with E-state index in [2.05, 4.69) is 29.4 Å². The first kappa shape index (κ1) is 18.5. The summed E-state index contributed by atoms with van der Waals surface area (Å²) >= 11 is 0. The highest BCUT2D eigenvalue weighted by atomic mass is 16.5. The number of benzene rings is 1. The van der Waals surface area contributed by atoms with Crippen molar-refractivity contribution in [3.05, 3.63) is 23.8 Å². The second-order valence-corrected chi connectivity index (χ2v) is 8.02. The molecule has 1 spiro atoms. The predicted molar refractivity (Wildman–Crippen MR) is 99.4 cm³/mol. The minimum atomic E-state index is -0.844. The highest BCUT2D eigenvalue weighted by Gasteiger charge is 2.57. The van der Waals surface area contributed by atoms with Gasteiger partial charge in [0, 0.05) is 17.9 Å². The number of carboxylic acid groups (broad SMARTS) is 1. The normalized spacial score (nSPS) is 36.0. The van der Waals surface area contributed by atoms with Gasteiger partial charge in [0.25, 0.3) is 0 Å². The first-order valence-corrected chi connectivity index (χ1v) is 9.50. The van der Waals surface area contributed by atoms with Crippen LogP contribution >= 0.6 is 0 Å². The van der Waals surface area contributed by atoms with Crippen molar-refractivity contribution in [2.45, 2.75) is 48.9 Å². The van der Waals surface area contributed by atoms with Crippen LogP contribution in [-0.4, -0.2) is 68.2 Å². The van der Waals surface area contributed by atoms with E-state index in [9.17, 15) is 9.90 Å². The summed E-state index contributed by atoms with van der Waals surface area (Å²) in [7, 11) is 5.46. The number of nitrogens with zero attached hydrogens (tertiary/aromatic N) is 1. The Kier molecular flexibility index (Phi) is 4.56. The molecule has 3 fully saturated rings. The van der Waals surface area contributed by atoms with E-state index in [4.69, 9.17) is 14.2 Å². The lowest BCUT2D eigenvalue weighted by Gasteiger charge is -2.48. The van der Waals surface area contributed by atoms with E-state index >= 15 is 0 Å². The van der Waals surface area contributed by atoms with Gasteiger partial charge in [0.05, 0.1) is 20.8 Å². The minimum absolute atomic E-state index is 0.0197. The summed E-state index contributed by atoms with van der Waals surface area (Å²) in [5.41, 5.74) is 0.746. The van der Waals surface area contributed by atoms with Crippen LogP contribution in [0.25, 0.3) is 0 Å². The Labute approximate surface area is 159 Å². The van der Waals surface area contributed by atoms with Crippen LogP contribution in [-0.2, 0) is 14.9 Å². The molecule has 148 valence electrons. The van der Waals surface area contributed by atoms with E-state index in [1.54, 1.807) is 14.2 Å². The van der Waals surface area contributed by atoms with Crippen LogP contribution < -0.4 is 14.8 Å².